The Morgan fingerprint density at radius 2 is 1.90 bits per heavy atom. The van der Waals surface area contributed by atoms with Gasteiger partial charge in [0.05, 0.1) is 5.52 Å². The zero-order valence-corrected chi connectivity index (χ0v) is 11.0. The van der Waals surface area contributed by atoms with Crippen molar-refractivity contribution < 1.29 is 13.5 Å². The Morgan fingerprint density at radius 3 is 2.71 bits per heavy atom. The van der Waals surface area contributed by atoms with Gasteiger partial charge in [0.2, 0.25) is 0 Å². The van der Waals surface area contributed by atoms with E-state index in [4.69, 9.17) is 10.5 Å². The van der Waals surface area contributed by atoms with Crippen molar-refractivity contribution >= 4 is 10.9 Å². The van der Waals surface area contributed by atoms with E-state index in [0.29, 0.717) is 22.2 Å². The van der Waals surface area contributed by atoms with Crippen LogP contribution < -0.4 is 10.5 Å². The van der Waals surface area contributed by atoms with E-state index in [2.05, 4.69) is 4.98 Å². The van der Waals surface area contributed by atoms with E-state index in [1.165, 1.54) is 0 Å². The van der Waals surface area contributed by atoms with Crippen molar-refractivity contribution in [2.24, 2.45) is 5.73 Å². The van der Waals surface area contributed by atoms with E-state index in [-0.39, 0.29) is 12.3 Å². The Bertz CT molecular complexity index is 805. The van der Waals surface area contributed by atoms with E-state index < -0.39 is 11.6 Å². The van der Waals surface area contributed by atoms with E-state index in [1.807, 2.05) is 18.2 Å². The molecule has 0 atom stereocenters. The second-order valence-electron chi connectivity index (χ2n) is 4.51. The van der Waals surface area contributed by atoms with Gasteiger partial charge in [-0.2, -0.15) is 0 Å². The fourth-order valence-electron chi connectivity index (χ4n) is 2.09. The summed E-state index contributed by atoms with van der Waals surface area (Å²) in [6, 6.07) is 10.3. The van der Waals surface area contributed by atoms with Crippen molar-refractivity contribution in [2.45, 2.75) is 6.54 Å². The molecule has 0 unspecified atom stereocenters. The van der Waals surface area contributed by atoms with Crippen LogP contribution in [0.2, 0.25) is 0 Å². The fraction of sp³-hybridized carbons (Fsp3) is 0.0625. The number of nitrogens with two attached hydrogens (primary N) is 1. The van der Waals surface area contributed by atoms with Gasteiger partial charge >= 0.3 is 0 Å². The van der Waals surface area contributed by atoms with E-state index in [0.717, 1.165) is 18.2 Å². The summed E-state index contributed by atoms with van der Waals surface area (Å²) >= 11 is 0. The molecule has 0 fully saturated rings. The number of ether oxygens (including phenoxy) is 1. The number of rotatable bonds is 3. The maximum absolute atomic E-state index is 13.8. The number of hydrogen-bond donors (Lipinski definition) is 1. The van der Waals surface area contributed by atoms with Gasteiger partial charge in [0, 0.05) is 29.8 Å². The summed E-state index contributed by atoms with van der Waals surface area (Å²) in [4.78, 5) is 4.27. The zero-order chi connectivity index (χ0) is 14.8. The monoisotopic (exact) mass is 286 g/mol. The summed E-state index contributed by atoms with van der Waals surface area (Å²) in [5, 5.41) is 0.698. The third kappa shape index (κ3) is 2.55. The third-order valence-corrected chi connectivity index (χ3v) is 3.12. The molecule has 0 spiro atoms. The molecule has 3 rings (SSSR count). The zero-order valence-electron chi connectivity index (χ0n) is 11.0. The average Bonchev–Trinajstić information content (AvgIpc) is 2.51. The predicted octanol–water partition coefficient (Wildman–Crippen LogP) is 3.76. The maximum Gasteiger partial charge on any atom is 0.166 e. The molecule has 5 heteroatoms. The molecule has 0 amide bonds. The van der Waals surface area contributed by atoms with Gasteiger partial charge in [-0.05, 0) is 24.3 Å². The molecule has 3 nitrogen and oxygen atoms in total. The van der Waals surface area contributed by atoms with Crippen molar-refractivity contribution in [1.82, 2.24) is 4.98 Å². The van der Waals surface area contributed by atoms with Gasteiger partial charge in [-0.25, -0.2) is 8.78 Å². The van der Waals surface area contributed by atoms with Gasteiger partial charge in [0.15, 0.2) is 11.6 Å². The topological polar surface area (TPSA) is 48.1 Å². The summed E-state index contributed by atoms with van der Waals surface area (Å²) in [6.45, 7) is 0.185. The molecule has 0 aliphatic rings. The Labute approximate surface area is 120 Å². The van der Waals surface area contributed by atoms with E-state index in [1.54, 1.807) is 12.3 Å². The van der Waals surface area contributed by atoms with Crippen LogP contribution in [-0.4, -0.2) is 4.98 Å². The number of fused-ring (bicyclic) bond motifs is 1. The highest BCUT2D eigenvalue weighted by Gasteiger charge is 2.13. The summed E-state index contributed by atoms with van der Waals surface area (Å²) in [7, 11) is 0. The molecule has 1 aromatic heterocycles. The predicted molar refractivity (Wildman–Crippen MR) is 76.1 cm³/mol. The molecule has 1 heterocycles. The highest BCUT2D eigenvalue weighted by Crippen LogP contribution is 2.33. The van der Waals surface area contributed by atoms with Crippen molar-refractivity contribution in [3.8, 4) is 11.5 Å². The fourth-order valence-corrected chi connectivity index (χ4v) is 2.09. The molecule has 0 aliphatic heterocycles. The normalized spacial score (nSPS) is 10.8. The lowest BCUT2D eigenvalue weighted by atomic mass is 10.1. The van der Waals surface area contributed by atoms with Crippen LogP contribution in [-0.2, 0) is 6.54 Å². The molecule has 0 saturated carbocycles. The van der Waals surface area contributed by atoms with Gasteiger partial charge < -0.3 is 10.5 Å². The van der Waals surface area contributed by atoms with Crippen LogP contribution in [0.3, 0.4) is 0 Å². The Morgan fingerprint density at radius 1 is 1.10 bits per heavy atom. The number of aromatic nitrogens is 1. The molecule has 0 radical (unpaired) electrons. The minimum Gasteiger partial charge on any atom is -0.453 e. The first kappa shape index (κ1) is 13.5. The highest BCUT2D eigenvalue weighted by atomic mass is 19.1. The first-order valence-electron chi connectivity index (χ1n) is 6.38. The molecular formula is C16H12F2N2O. The molecule has 0 aliphatic carbocycles. The Balaban J connectivity index is 2.16. The minimum absolute atomic E-state index is 0.180. The summed E-state index contributed by atoms with van der Waals surface area (Å²) in [6.07, 6.45) is 1.58. The first-order chi connectivity index (χ1) is 10.2. The molecule has 0 bridgehead atoms. The largest absolute Gasteiger partial charge is 0.453 e. The number of nitrogens with zero attached hydrogens (tertiary/aromatic N) is 1. The molecule has 106 valence electrons. The summed E-state index contributed by atoms with van der Waals surface area (Å²) < 4.78 is 32.6. The second-order valence-corrected chi connectivity index (χ2v) is 4.51. The van der Waals surface area contributed by atoms with Crippen molar-refractivity contribution in [3.63, 3.8) is 0 Å². The van der Waals surface area contributed by atoms with Gasteiger partial charge in [0.25, 0.3) is 0 Å². The van der Waals surface area contributed by atoms with Gasteiger partial charge in [-0.3, -0.25) is 4.98 Å². The lowest BCUT2D eigenvalue weighted by Crippen LogP contribution is -2.02. The van der Waals surface area contributed by atoms with Crippen LogP contribution in [0.5, 0.6) is 11.5 Å². The average molecular weight is 286 g/mol. The molecule has 0 saturated heterocycles. The van der Waals surface area contributed by atoms with Crippen molar-refractivity contribution in [1.29, 1.82) is 0 Å². The lowest BCUT2D eigenvalue weighted by Gasteiger charge is -2.13. The molecule has 21 heavy (non-hydrogen) atoms. The number of halogens is 2. The van der Waals surface area contributed by atoms with Crippen LogP contribution in [0.4, 0.5) is 8.78 Å². The Kier molecular flexibility index (Phi) is 3.50. The third-order valence-electron chi connectivity index (χ3n) is 3.12. The van der Waals surface area contributed by atoms with E-state index >= 15 is 0 Å². The maximum atomic E-state index is 13.8. The quantitative estimate of drug-likeness (QED) is 0.797. The van der Waals surface area contributed by atoms with Crippen LogP contribution in [0.15, 0.2) is 48.7 Å². The van der Waals surface area contributed by atoms with Gasteiger partial charge in [-0.15, -0.1) is 0 Å². The minimum atomic E-state index is -0.639. The molecular weight excluding hydrogens is 274 g/mol. The Hall–Kier alpha value is -2.53. The van der Waals surface area contributed by atoms with Crippen molar-refractivity contribution in [3.05, 3.63) is 65.9 Å². The number of hydrogen-bond acceptors (Lipinski definition) is 3. The SMILES string of the molecule is NCc1cnc2ccccc2c1Oc1cc(F)ccc1F. The molecule has 3 aromatic rings. The summed E-state index contributed by atoms with van der Waals surface area (Å²) in [5.41, 5.74) is 6.99. The summed E-state index contributed by atoms with van der Waals surface area (Å²) in [5.74, 6) is -0.993. The van der Waals surface area contributed by atoms with Gasteiger partial charge in [0.1, 0.15) is 11.6 Å². The molecule has 2 aromatic carbocycles. The number of pyridine rings is 1. The van der Waals surface area contributed by atoms with Crippen molar-refractivity contribution in [2.75, 3.05) is 0 Å². The first-order valence-corrected chi connectivity index (χ1v) is 6.38. The number of benzene rings is 2. The van der Waals surface area contributed by atoms with E-state index in [9.17, 15) is 8.78 Å². The van der Waals surface area contributed by atoms with Crippen LogP contribution >= 0.6 is 0 Å². The number of para-hydroxylation sites is 1. The highest BCUT2D eigenvalue weighted by molar-refractivity contribution is 5.86. The molecule has 2 N–H and O–H groups in total. The van der Waals surface area contributed by atoms with Gasteiger partial charge in [-0.1, -0.05) is 12.1 Å². The smallest absolute Gasteiger partial charge is 0.166 e. The van der Waals surface area contributed by atoms with Crippen LogP contribution in [0.1, 0.15) is 5.56 Å². The standard InChI is InChI=1S/C16H12F2N2O/c17-11-5-6-13(18)15(7-11)21-16-10(8-19)9-20-14-4-2-1-3-12(14)16/h1-7,9H,8,19H2. The lowest BCUT2D eigenvalue weighted by molar-refractivity contribution is 0.436. The van der Waals surface area contributed by atoms with Crippen LogP contribution in [0.25, 0.3) is 10.9 Å². The second kappa shape index (κ2) is 5.46. The van der Waals surface area contributed by atoms with Crippen LogP contribution in [0, 0.1) is 11.6 Å².